The van der Waals surface area contributed by atoms with Crippen LogP contribution in [0.4, 0.5) is 5.82 Å². The van der Waals surface area contributed by atoms with Crippen molar-refractivity contribution in [2.24, 2.45) is 7.05 Å². The lowest BCUT2D eigenvalue weighted by Crippen LogP contribution is -2.41. The SMILES string of the molecule is COCCOC1CC(Nc2nc(-c3nccn3C)nn3cc(-c4ccnc(OC)c4)c(C)c23)C1. The third-order valence-electron chi connectivity index (χ3n) is 6.24. The zero-order valence-corrected chi connectivity index (χ0v) is 19.9. The lowest BCUT2D eigenvalue weighted by atomic mass is 9.89. The van der Waals surface area contributed by atoms with Crippen molar-refractivity contribution in [1.29, 1.82) is 0 Å². The van der Waals surface area contributed by atoms with Gasteiger partial charge in [-0.25, -0.2) is 19.5 Å². The minimum Gasteiger partial charge on any atom is -0.481 e. The van der Waals surface area contributed by atoms with Gasteiger partial charge in [-0.2, -0.15) is 0 Å². The fourth-order valence-corrected chi connectivity index (χ4v) is 4.30. The smallest absolute Gasteiger partial charge is 0.218 e. The summed E-state index contributed by atoms with van der Waals surface area (Å²) in [5.74, 6) is 2.62. The number of imidazole rings is 1. The molecule has 0 atom stereocenters. The number of aryl methyl sites for hydroxylation is 2. The maximum Gasteiger partial charge on any atom is 0.218 e. The van der Waals surface area contributed by atoms with E-state index in [4.69, 9.17) is 24.3 Å². The first kappa shape index (κ1) is 22.3. The Morgan fingerprint density at radius 3 is 2.74 bits per heavy atom. The summed E-state index contributed by atoms with van der Waals surface area (Å²) < 4.78 is 20.1. The van der Waals surface area contributed by atoms with E-state index in [0.29, 0.717) is 30.7 Å². The third kappa shape index (κ3) is 4.22. The molecule has 10 nitrogen and oxygen atoms in total. The van der Waals surface area contributed by atoms with Crippen molar-refractivity contribution in [2.45, 2.75) is 31.9 Å². The van der Waals surface area contributed by atoms with Gasteiger partial charge >= 0.3 is 0 Å². The van der Waals surface area contributed by atoms with Crippen molar-refractivity contribution >= 4 is 11.3 Å². The maximum absolute atomic E-state index is 5.85. The molecule has 0 amide bonds. The van der Waals surface area contributed by atoms with Crippen molar-refractivity contribution in [2.75, 3.05) is 32.8 Å². The van der Waals surface area contributed by atoms with Crippen LogP contribution in [-0.2, 0) is 16.5 Å². The molecule has 1 fully saturated rings. The van der Waals surface area contributed by atoms with Crippen molar-refractivity contribution in [3.63, 3.8) is 0 Å². The van der Waals surface area contributed by atoms with Crippen LogP contribution in [0, 0.1) is 6.92 Å². The zero-order chi connectivity index (χ0) is 23.7. The van der Waals surface area contributed by atoms with E-state index >= 15 is 0 Å². The summed E-state index contributed by atoms with van der Waals surface area (Å²) in [6.45, 7) is 3.32. The number of hydrogen-bond acceptors (Lipinski definition) is 8. The van der Waals surface area contributed by atoms with E-state index < -0.39 is 0 Å². The maximum atomic E-state index is 5.85. The second kappa shape index (κ2) is 9.40. The minimum absolute atomic E-state index is 0.243. The summed E-state index contributed by atoms with van der Waals surface area (Å²) in [5.41, 5.74) is 4.07. The Labute approximate surface area is 197 Å². The number of fused-ring (bicyclic) bond motifs is 1. The average molecular weight is 464 g/mol. The van der Waals surface area contributed by atoms with E-state index in [-0.39, 0.29) is 12.1 Å². The van der Waals surface area contributed by atoms with E-state index in [1.54, 1.807) is 26.6 Å². The van der Waals surface area contributed by atoms with Crippen LogP contribution in [0.15, 0.2) is 36.9 Å². The second-order valence-electron chi connectivity index (χ2n) is 8.49. The number of pyridine rings is 1. The van der Waals surface area contributed by atoms with Gasteiger partial charge in [0, 0.05) is 56.6 Å². The molecule has 1 aliphatic carbocycles. The largest absolute Gasteiger partial charge is 0.481 e. The molecule has 4 aromatic rings. The molecule has 4 heterocycles. The molecule has 1 N–H and O–H groups in total. The second-order valence-corrected chi connectivity index (χ2v) is 8.49. The first-order valence-electron chi connectivity index (χ1n) is 11.3. The number of anilines is 1. The minimum atomic E-state index is 0.243. The molecular formula is C24H29N7O3. The molecule has 0 saturated heterocycles. The van der Waals surface area contributed by atoms with E-state index in [1.807, 2.05) is 40.7 Å². The van der Waals surface area contributed by atoms with Gasteiger partial charge in [0.15, 0.2) is 11.6 Å². The predicted octanol–water partition coefficient (Wildman–Crippen LogP) is 3.11. The molecule has 0 bridgehead atoms. The molecule has 0 radical (unpaired) electrons. The molecule has 5 rings (SSSR count). The number of nitrogens with one attached hydrogen (secondary N) is 1. The van der Waals surface area contributed by atoms with Gasteiger partial charge in [-0.05, 0) is 37.0 Å². The predicted molar refractivity (Wildman–Crippen MR) is 128 cm³/mol. The molecule has 0 unspecified atom stereocenters. The Bertz CT molecular complexity index is 1290. The van der Waals surface area contributed by atoms with Gasteiger partial charge in [0.1, 0.15) is 5.52 Å². The molecule has 178 valence electrons. The highest BCUT2D eigenvalue weighted by molar-refractivity contribution is 5.83. The molecule has 0 spiro atoms. The summed E-state index contributed by atoms with van der Waals surface area (Å²) in [5, 5.41) is 8.44. The number of methoxy groups -OCH3 is 2. The van der Waals surface area contributed by atoms with E-state index in [9.17, 15) is 0 Å². The number of ether oxygens (including phenoxy) is 3. The van der Waals surface area contributed by atoms with Crippen LogP contribution < -0.4 is 10.1 Å². The Morgan fingerprint density at radius 2 is 2.00 bits per heavy atom. The highest BCUT2D eigenvalue weighted by Gasteiger charge is 2.31. The summed E-state index contributed by atoms with van der Waals surface area (Å²) in [4.78, 5) is 13.6. The summed E-state index contributed by atoms with van der Waals surface area (Å²) in [6.07, 6.45) is 9.50. The number of nitrogens with zero attached hydrogens (tertiary/aromatic N) is 6. The van der Waals surface area contributed by atoms with Crippen LogP contribution in [0.1, 0.15) is 18.4 Å². The van der Waals surface area contributed by atoms with Crippen LogP contribution in [0.5, 0.6) is 5.88 Å². The molecule has 10 heteroatoms. The summed E-state index contributed by atoms with van der Waals surface area (Å²) >= 11 is 0. The lowest BCUT2D eigenvalue weighted by Gasteiger charge is -2.36. The molecule has 1 aliphatic rings. The first-order chi connectivity index (χ1) is 16.6. The highest BCUT2D eigenvalue weighted by Crippen LogP contribution is 2.35. The van der Waals surface area contributed by atoms with Crippen molar-refractivity contribution in [3.05, 3.63) is 42.5 Å². The van der Waals surface area contributed by atoms with Gasteiger partial charge in [-0.3, -0.25) is 0 Å². The van der Waals surface area contributed by atoms with Gasteiger partial charge in [0.2, 0.25) is 11.7 Å². The number of aromatic nitrogens is 6. The summed E-state index contributed by atoms with van der Waals surface area (Å²) in [7, 11) is 5.24. The van der Waals surface area contributed by atoms with Crippen LogP contribution >= 0.6 is 0 Å². The Hall–Kier alpha value is -3.50. The molecule has 0 aliphatic heterocycles. The summed E-state index contributed by atoms with van der Waals surface area (Å²) in [6, 6.07) is 4.17. The van der Waals surface area contributed by atoms with Crippen LogP contribution in [-0.4, -0.2) is 68.7 Å². The first-order valence-corrected chi connectivity index (χ1v) is 11.3. The van der Waals surface area contributed by atoms with Crippen LogP contribution in [0.2, 0.25) is 0 Å². The van der Waals surface area contributed by atoms with Gasteiger partial charge < -0.3 is 24.1 Å². The normalized spacial score (nSPS) is 17.6. The van der Waals surface area contributed by atoms with E-state index in [1.165, 1.54) is 0 Å². The average Bonchev–Trinajstić information content (AvgIpc) is 3.40. The van der Waals surface area contributed by atoms with Crippen LogP contribution in [0.3, 0.4) is 0 Å². The fraction of sp³-hybridized carbons (Fsp3) is 0.417. The van der Waals surface area contributed by atoms with E-state index in [2.05, 4.69) is 22.2 Å². The monoisotopic (exact) mass is 463 g/mol. The third-order valence-corrected chi connectivity index (χ3v) is 6.24. The lowest BCUT2D eigenvalue weighted by molar-refractivity contribution is -0.0261. The molecule has 1 saturated carbocycles. The number of rotatable bonds is 9. The van der Waals surface area contributed by atoms with Crippen LogP contribution in [0.25, 0.3) is 28.3 Å². The fourth-order valence-electron chi connectivity index (χ4n) is 4.30. The quantitative estimate of drug-likeness (QED) is 0.378. The van der Waals surface area contributed by atoms with Gasteiger partial charge in [0.25, 0.3) is 0 Å². The van der Waals surface area contributed by atoms with E-state index in [0.717, 1.165) is 40.9 Å². The Kier molecular flexibility index (Phi) is 6.16. The topological polar surface area (TPSA) is 101 Å². The molecule has 4 aromatic heterocycles. The Morgan fingerprint density at radius 1 is 1.15 bits per heavy atom. The molecule has 0 aromatic carbocycles. The zero-order valence-electron chi connectivity index (χ0n) is 19.9. The van der Waals surface area contributed by atoms with Gasteiger partial charge in [0.05, 0.1) is 26.4 Å². The standard InChI is InChI=1S/C24H29N7O3/c1-15-19(16-5-6-25-20(11-16)33-4)14-31-21(15)22(27-17-12-18(13-17)34-10-9-32-3)28-23(29-31)24-26-7-8-30(24)2/h5-8,11,14,17-18H,9-10,12-13H2,1-4H3,(H,27,28,29). The van der Waals surface area contributed by atoms with Crippen molar-refractivity contribution in [1.82, 2.24) is 29.1 Å². The van der Waals surface area contributed by atoms with Crippen molar-refractivity contribution < 1.29 is 14.2 Å². The van der Waals surface area contributed by atoms with Crippen molar-refractivity contribution in [3.8, 4) is 28.7 Å². The molecule has 34 heavy (non-hydrogen) atoms. The molecular weight excluding hydrogens is 434 g/mol. The van der Waals surface area contributed by atoms with Gasteiger partial charge in [-0.15, -0.1) is 5.10 Å². The van der Waals surface area contributed by atoms with Gasteiger partial charge in [-0.1, -0.05) is 0 Å². The number of hydrogen-bond donors (Lipinski definition) is 1. The highest BCUT2D eigenvalue weighted by atomic mass is 16.5. The Balaban J connectivity index is 1.51.